The lowest BCUT2D eigenvalue weighted by Crippen LogP contribution is -2.49. The number of nitrogens with zero attached hydrogens (tertiary/aromatic N) is 3. The molecule has 0 aliphatic carbocycles. The largest absolute Gasteiger partial charge is 0.340 e. The molecule has 2 aromatic rings. The first-order valence-electron chi connectivity index (χ1n) is 7.50. The third kappa shape index (κ3) is 2.94. The van der Waals surface area contributed by atoms with Crippen LogP contribution >= 0.6 is 0 Å². The van der Waals surface area contributed by atoms with Gasteiger partial charge in [-0.1, -0.05) is 12.1 Å². The maximum atomic E-state index is 12.9. The van der Waals surface area contributed by atoms with Crippen molar-refractivity contribution in [2.45, 2.75) is 18.7 Å². The zero-order valence-electron chi connectivity index (χ0n) is 13.2. The molecule has 0 atom stereocenters. The molecule has 1 aliphatic rings. The summed E-state index contributed by atoms with van der Waals surface area (Å²) >= 11 is 0. The average molecular weight is 333 g/mol. The van der Waals surface area contributed by atoms with Crippen LogP contribution in [0.25, 0.3) is 10.9 Å². The number of fused-ring (bicyclic) bond motifs is 1. The Balaban J connectivity index is 1.96. The van der Waals surface area contributed by atoms with Crippen LogP contribution in [-0.2, 0) is 14.8 Å². The third-order valence-corrected chi connectivity index (χ3v) is 6.04. The molecule has 1 aromatic carbocycles. The lowest BCUT2D eigenvalue weighted by molar-refractivity contribution is -0.129. The minimum Gasteiger partial charge on any atom is -0.340 e. The number of rotatable bonds is 2. The van der Waals surface area contributed by atoms with Gasteiger partial charge in [0.1, 0.15) is 4.90 Å². The number of benzene rings is 1. The lowest BCUT2D eigenvalue weighted by Gasteiger charge is -2.33. The summed E-state index contributed by atoms with van der Waals surface area (Å²) < 4.78 is 27.3. The van der Waals surface area contributed by atoms with Crippen molar-refractivity contribution < 1.29 is 13.2 Å². The topological polar surface area (TPSA) is 70.6 Å². The molecule has 23 heavy (non-hydrogen) atoms. The predicted octanol–water partition coefficient (Wildman–Crippen LogP) is 1.40. The summed E-state index contributed by atoms with van der Waals surface area (Å²) in [6, 6.07) is 7.12. The minimum absolute atomic E-state index is 0.0237. The minimum atomic E-state index is -3.62. The molecule has 2 heterocycles. The van der Waals surface area contributed by atoms with E-state index < -0.39 is 10.0 Å². The van der Waals surface area contributed by atoms with Crippen LogP contribution in [-0.4, -0.2) is 54.7 Å². The molecule has 0 spiro atoms. The Kier molecular flexibility index (Phi) is 4.08. The SMILES string of the molecule is CC(=O)N1CCN(S(=O)(=O)c2cccc3cc(C)cnc23)CC1. The van der Waals surface area contributed by atoms with E-state index in [4.69, 9.17) is 0 Å². The number of hydrogen-bond acceptors (Lipinski definition) is 4. The number of aromatic nitrogens is 1. The van der Waals surface area contributed by atoms with Crippen molar-refractivity contribution in [3.8, 4) is 0 Å². The van der Waals surface area contributed by atoms with Crippen LogP contribution < -0.4 is 0 Å². The molecule has 3 rings (SSSR count). The molecule has 0 saturated carbocycles. The van der Waals surface area contributed by atoms with E-state index in [-0.39, 0.29) is 10.8 Å². The van der Waals surface area contributed by atoms with Crippen molar-refractivity contribution in [2.75, 3.05) is 26.2 Å². The number of pyridine rings is 1. The Morgan fingerprint density at radius 3 is 2.52 bits per heavy atom. The summed E-state index contributed by atoms with van der Waals surface area (Å²) in [6.45, 7) is 4.89. The third-order valence-electron chi connectivity index (χ3n) is 4.11. The maximum absolute atomic E-state index is 12.9. The van der Waals surface area contributed by atoms with Crippen LogP contribution in [0, 0.1) is 6.92 Å². The Morgan fingerprint density at radius 1 is 1.17 bits per heavy atom. The quantitative estimate of drug-likeness (QED) is 0.833. The van der Waals surface area contributed by atoms with Gasteiger partial charge in [0.15, 0.2) is 0 Å². The highest BCUT2D eigenvalue weighted by Crippen LogP contribution is 2.25. The van der Waals surface area contributed by atoms with Crippen molar-refractivity contribution in [1.29, 1.82) is 0 Å². The van der Waals surface area contributed by atoms with Gasteiger partial charge in [-0.05, 0) is 24.6 Å². The summed E-state index contributed by atoms with van der Waals surface area (Å²) in [7, 11) is -3.62. The smallest absolute Gasteiger partial charge is 0.245 e. The molecule has 6 nitrogen and oxygen atoms in total. The number of hydrogen-bond donors (Lipinski definition) is 0. The van der Waals surface area contributed by atoms with Crippen molar-refractivity contribution in [2.24, 2.45) is 0 Å². The molecule has 0 N–H and O–H groups in total. The Labute approximate surface area is 135 Å². The summed E-state index contributed by atoms with van der Waals surface area (Å²) in [6.07, 6.45) is 1.68. The fourth-order valence-corrected chi connectivity index (χ4v) is 4.42. The van der Waals surface area contributed by atoms with Gasteiger partial charge >= 0.3 is 0 Å². The highest BCUT2D eigenvalue weighted by molar-refractivity contribution is 7.89. The molecule has 1 aliphatic heterocycles. The number of aryl methyl sites for hydroxylation is 1. The van der Waals surface area contributed by atoms with E-state index in [1.165, 1.54) is 11.2 Å². The molecule has 0 unspecified atom stereocenters. The average Bonchev–Trinajstić information content (AvgIpc) is 2.54. The van der Waals surface area contributed by atoms with Gasteiger partial charge in [-0.15, -0.1) is 0 Å². The molecule has 0 bridgehead atoms. The highest BCUT2D eigenvalue weighted by Gasteiger charge is 2.30. The van der Waals surface area contributed by atoms with E-state index in [0.717, 1.165) is 10.9 Å². The molecular weight excluding hydrogens is 314 g/mol. The van der Waals surface area contributed by atoms with E-state index in [1.807, 2.05) is 19.1 Å². The fourth-order valence-electron chi connectivity index (χ4n) is 2.83. The van der Waals surface area contributed by atoms with E-state index in [0.29, 0.717) is 31.7 Å². The zero-order valence-corrected chi connectivity index (χ0v) is 14.0. The van der Waals surface area contributed by atoms with Crippen LogP contribution in [0.5, 0.6) is 0 Å². The van der Waals surface area contributed by atoms with Gasteiger partial charge in [-0.3, -0.25) is 9.78 Å². The van der Waals surface area contributed by atoms with Gasteiger partial charge in [-0.25, -0.2) is 8.42 Å². The zero-order chi connectivity index (χ0) is 16.6. The fraction of sp³-hybridized carbons (Fsp3) is 0.375. The monoisotopic (exact) mass is 333 g/mol. The Morgan fingerprint density at radius 2 is 1.87 bits per heavy atom. The van der Waals surface area contributed by atoms with Crippen LogP contribution in [0.2, 0.25) is 0 Å². The number of piperazine rings is 1. The van der Waals surface area contributed by atoms with E-state index >= 15 is 0 Å². The molecular formula is C16H19N3O3S. The number of carbonyl (C=O) groups is 1. The summed E-state index contributed by atoms with van der Waals surface area (Å²) in [4.78, 5) is 17.6. The number of sulfonamides is 1. The number of para-hydroxylation sites is 1. The van der Waals surface area contributed by atoms with Gasteiger partial charge < -0.3 is 4.90 Å². The van der Waals surface area contributed by atoms with E-state index in [9.17, 15) is 13.2 Å². The molecule has 0 radical (unpaired) electrons. The van der Waals surface area contributed by atoms with Crippen molar-refractivity contribution in [1.82, 2.24) is 14.2 Å². The van der Waals surface area contributed by atoms with Crippen molar-refractivity contribution >= 4 is 26.8 Å². The summed E-state index contributed by atoms with van der Waals surface area (Å²) in [5.41, 5.74) is 1.48. The van der Waals surface area contributed by atoms with Gasteiger partial charge in [0.05, 0.1) is 5.52 Å². The van der Waals surface area contributed by atoms with Gasteiger partial charge in [0.2, 0.25) is 15.9 Å². The molecule has 1 fully saturated rings. The molecule has 1 saturated heterocycles. The molecule has 122 valence electrons. The van der Waals surface area contributed by atoms with Crippen LogP contribution in [0.15, 0.2) is 35.4 Å². The van der Waals surface area contributed by atoms with Crippen molar-refractivity contribution in [3.63, 3.8) is 0 Å². The van der Waals surface area contributed by atoms with Gasteiger partial charge in [-0.2, -0.15) is 4.31 Å². The van der Waals surface area contributed by atoms with E-state index in [2.05, 4.69) is 4.98 Å². The predicted molar refractivity (Wildman–Crippen MR) is 87.5 cm³/mol. The second-order valence-electron chi connectivity index (χ2n) is 5.75. The maximum Gasteiger partial charge on any atom is 0.245 e. The number of amides is 1. The standard InChI is InChI=1S/C16H19N3O3S/c1-12-10-14-4-3-5-15(16(14)17-11-12)23(21,22)19-8-6-18(7-9-19)13(2)20/h3-5,10-11H,6-9H2,1-2H3. The number of carbonyl (C=O) groups excluding carboxylic acids is 1. The van der Waals surface area contributed by atoms with Crippen LogP contribution in [0.3, 0.4) is 0 Å². The second-order valence-corrected chi connectivity index (χ2v) is 7.66. The first-order valence-corrected chi connectivity index (χ1v) is 8.94. The highest BCUT2D eigenvalue weighted by atomic mass is 32.2. The summed E-state index contributed by atoms with van der Waals surface area (Å²) in [5, 5.41) is 0.813. The first kappa shape index (κ1) is 15.9. The van der Waals surface area contributed by atoms with Gasteiger partial charge in [0.25, 0.3) is 0 Å². The molecule has 1 aromatic heterocycles. The Bertz CT molecular complexity index is 856. The van der Waals surface area contributed by atoms with E-state index in [1.54, 1.807) is 23.2 Å². The van der Waals surface area contributed by atoms with Crippen LogP contribution in [0.4, 0.5) is 0 Å². The second kappa shape index (κ2) is 5.90. The Hall–Kier alpha value is -1.99. The lowest BCUT2D eigenvalue weighted by atomic mass is 10.2. The molecule has 1 amide bonds. The van der Waals surface area contributed by atoms with Crippen molar-refractivity contribution in [3.05, 3.63) is 36.0 Å². The van der Waals surface area contributed by atoms with Gasteiger partial charge in [0, 0.05) is 44.7 Å². The molecule has 7 heteroatoms. The summed E-state index contributed by atoms with van der Waals surface area (Å²) in [5.74, 6) is -0.0237. The normalized spacial score (nSPS) is 16.7. The first-order chi connectivity index (χ1) is 10.9. The van der Waals surface area contributed by atoms with Crippen LogP contribution in [0.1, 0.15) is 12.5 Å².